The molecule has 0 unspecified atom stereocenters. The maximum Gasteiger partial charge on any atom is 0.329 e. The number of carbonyl (C=O) groups excluding carboxylic acids is 3. The van der Waals surface area contributed by atoms with Crippen molar-refractivity contribution in [2.45, 2.75) is 88.8 Å². The molecule has 3 aliphatic heterocycles. The predicted molar refractivity (Wildman–Crippen MR) is 224 cm³/mol. The van der Waals surface area contributed by atoms with Crippen LogP contribution in [0.2, 0.25) is 0 Å². The van der Waals surface area contributed by atoms with E-state index in [4.69, 9.17) is 9.47 Å². The normalized spacial score (nSPS) is 21.9. The summed E-state index contributed by atoms with van der Waals surface area (Å²) in [6, 6.07) is 6.86. The molecule has 1 atom stereocenters. The highest BCUT2D eigenvalue weighted by molar-refractivity contribution is 6.08. The van der Waals surface area contributed by atoms with E-state index in [-0.39, 0.29) is 41.4 Å². The molecular formula is C43H53F2N11O6. The predicted octanol–water partition coefficient (Wildman–Crippen LogP) is 4.43. The molecule has 330 valence electrons. The number of ether oxygens (including phenoxy) is 2. The van der Waals surface area contributed by atoms with Crippen LogP contribution < -0.4 is 21.2 Å². The molecule has 4 aliphatic rings. The van der Waals surface area contributed by atoms with E-state index >= 15 is 0 Å². The number of aryl methyl sites for hydroxylation is 2. The van der Waals surface area contributed by atoms with Crippen LogP contribution in [0.4, 0.5) is 20.3 Å². The third-order valence-corrected chi connectivity index (χ3v) is 13.0. The summed E-state index contributed by atoms with van der Waals surface area (Å²) in [5, 5.41) is 13.6. The van der Waals surface area contributed by atoms with Gasteiger partial charge < -0.3 is 24.6 Å². The Morgan fingerprint density at radius 3 is 2.56 bits per heavy atom. The van der Waals surface area contributed by atoms with Crippen molar-refractivity contribution >= 4 is 45.9 Å². The van der Waals surface area contributed by atoms with Gasteiger partial charge in [-0.25, -0.2) is 23.1 Å². The maximum absolute atomic E-state index is 14.3. The number of aromatic nitrogens is 7. The fourth-order valence-electron chi connectivity index (χ4n) is 9.71. The van der Waals surface area contributed by atoms with Gasteiger partial charge in [-0.15, -0.1) is 0 Å². The van der Waals surface area contributed by atoms with E-state index < -0.39 is 30.0 Å². The Balaban J connectivity index is 0.729. The molecule has 9 rings (SSSR count). The number of piperidine rings is 2. The molecular weight excluding hydrogens is 805 g/mol. The third kappa shape index (κ3) is 8.61. The minimum Gasteiger partial charge on any atom is -0.378 e. The Labute approximate surface area is 356 Å². The van der Waals surface area contributed by atoms with Crippen LogP contribution in [0.5, 0.6) is 0 Å². The summed E-state index contributed by atoms with van der Waals surface area (Å²) < 4.78 is 46.5. The second-order valence-corrected chi connectivity index (χ2v) is 17.0. The van der Waals surface area contributed by atoms with Gasteiger partial charge >= 0.3 is 5.69 Å². The standard InChI is InChI=1S/C43H53F2N11O6/c1-51-38-28(4-2-6-33(38)56(43(51)60)34-11-12-36(57)49-42(34)59)5-3-21-62-30-13-16-52(17-14-30)25-27-7-9-29(10-8-27)55-26-32(37(50-55)39(44)45)47-41(58)31-24-46-54-18-15-35(48-40(31)54)53-19-22-61-23-20-53/h2,4,6,15,18,24,26-27,29-30,34,39H,3,5,7-14,16-17,19-23,25H2,1H3,(H,47,58)(H,49,57,59)/t27-,29-,34-/m0/s1. The highest BCUT2D eigenvalue weighted by atomic mass is 19.3. The summed E-state index contributed by atoms with van der Waals surface area (Å²) in [6.07, 6.45) is 9.46. The van der Waals surface area contributed by atoms with Gasteiger partial charge in [-0.2, -0.15) is 10.2 Å². The molecule has 4 aromatic heterocycles. The lowest BCUT2D eigenvalue weighted by atomic mass is 9.85. The molecule has 1 saturated carbocycles. The van der Waals surface area contributed by atoms with Crippen LogP contribution in [0.1, 0.15) is 97.9 Å². The average molecular weight is 858 g/mol. The Morgan fingerprint density at radius 1 is 1.02 bits per heavy atom. The van der Waals surface area contributed by atoms with Crippen LogP contribution in [0.3, 0.4) is 0 Å². The molecule has 3 saturated heterocycles. The first kappa shape index (κ1) is 41.8. The Kier molecular flexibility index (Phi) is 12.2. The van der Waals surface area contributed by atoms with Gasteiger partial charge in [-0.3, -0.25) is 33.5 Å². The first-order valence-electron chi connectivity index (χ1n) is 21.8. The van der Waals surface area contributed by atoms with E-state index in [2.05, 4.69) is 35.6 Å². The molecule has 19 heteroatoms. The molecule has 1 aromatic carbocycles. The number of likely N-dealkylation sites (tertiary alicyclic amines) is 1. The number of amides is 3. The number of alkyl halides is 2. The molecule has 2 N–H and O–H groups in total. The van der Waals surface area contributed by atoms with Gasteiger partial charge in [0.1, 0.15) is 17.4 Å². The van der Waals surface area contributed by atoms with Gasteiger partial charge in [-0.05, 0) is 81.4 Å². The van der Waals surface area contributed by atoms with Crippen LogP contribution in [0.25, 0.3) is 16.7 Å². The van der Waals surface area contributed by atoms with Crippen LogP contribution >= 0.6 is 0 Å². The van der Waals surface area contributed by atoms with Gasteiger partial charge in [0, 0.05) is 65.2 Å². The Hall–Kier alpha value is -5.53. The van der Waals surface area contributed by atoms with Gasteiger partial charge in [-0.1, -0.05) is 12.1 Å². The fourth-order valence-corrected chi connectivity index (χ4v) is 9.71. The number of nitrogens with one attached hydrogen (secondary N) is 2. The molecule has 4 fully saturated rings. The summed E-state index contributed by atoms with van der Waals surface area (Å²) in [4.78, 5) is 60.3. The smallest absolute Gasteiger partial charge is 0.329 e. The zero-order valence-electron chi connectivity index (χ0n) is 34.9. The van der Waals surface area contributed by atoms with E-state index in [0.29, 0.717) is 62.2 Å². The van der Waals surface area contributed by atoms with Crippen LogP contribution in [0, 0.1) is 5.92 Å². The molecule has 0 spiro atoms. The van der Waals surface area contributed by atoms with Gasteiger partial charge in [0.15, 0.2) is 11.3 Å². The number of hydrogen-bond acceptors (Lipinski definition) is 11. The van der Waals surface area contributed by atoms with Gasteiger partial charge in [0.25, 0.3) is 12.3 Å². The van der Waals surface area contributed by atoms with Crippen molar-refractivity contribution in [1.29, 1.82) is 0 Å². The van der Waals surface area contributed by atoms with Crippen LogP contribution in [-0.4, -0.2) is 115 Å². The number of morpholine rings is 1. The number of para-hydroxylation sites is 1. The molecule has 17 nitrogen and oxygen atoms in total. The summed E-state index contributed by atoms with van der Waals surface area (Å²) in [7, 11) is 1.72. The summed E-state index contributed by atoms with van der Waals surface area (Å²) in [5.41, 5.74) is 2.32. The second-order valence-electron chi connectivity index (χ2n) is 17.0. The summed E-state index contributed by atoms with van der Waals surface area (Å²) >= 11 is 0. The van der Waals surface area contributed by atoms with Crippen LogP contribution in [-0.2, 0) is 32.5 Å². The van der Waals surface area contributed by atoms with Crippen molar-refractivity contribution in [3.8, 4) is 0 Å². The molecule has 7 heterocycles. The number of nitrogens with zero attached hydrogens (tertiary/aromatic N) is 9. The Morgan fingerprint density at radius 2 is 1.81 bits per heavy atom. The number of imidazole rings is 1. The number of hydrogen-bond donors (Lipinski definition) is 2. The molecule has 5 aromatic rings. The average Bonchev–Trinajstić information content (AvgIpc) is 3.98. The highest BCUT2D eigenvalue weighted by Crippen LogP contribution is 2.36. The maximum atomic E-state index is 14.3. The molecule has 3 amide bonds. The van der Waals surface area contributed by atoms with Crippen molar-refractivity contribution in [1.82, 2.24) is 43.7 Å². The minimum absolute atomic E-state index is 0.00747. The zero-order chi connectivity index (χ0) is 42.9. The number of rotatable bonds is 13. The molecule has 0 radical (unpaired) electrons. The minimum atomic E-state index is -2.86. The first-order chi connectivity index (χ1) is 30.1. The monoisotopic (exact) mass is 857 g/mol. The lowest BCUT2D eigenvalue weighted by Crippen LogP contribution is -2.44. The SMILES string of the molecule is Cn1c(=O)n([C@H]2CCC(=O)NC2=O)c2cccc(CCCOC3CCN(C[C@H]4CC[C@H](n5cc(NC(=O)c6cnn7ccc(N8CCOCC8)nc67)c(C(F)F)n5)CC4)CC3)c21. The summed E-state index contributed by atoms with van der Waals surface area (Å²) in [6.45, 7) is 6.03. The van der Waals surface area contributed by atoms with Crippen molar-refractivity contribution < 1.29 is 32.6 Å². The number of imide groups is 1. The fraction of sp³-hybridized carbons (Fsp3) is 0.558. The van der Waals surface area contributed by atoms with E-state index in [0.717, 1.165) is 82.1 Å². The van der Waals surface area contributed by atoms with Gasteiger partial charge in [0.2, 0.25) is 11.8 Å². The molecule has 1 aliphatic carbocycles. The van der Waals surface area contributed by atoms with Gasteiger partial charge in [0.05, 0.1) is 48.3 Å². The number of carbonyl (C=O) groups is 3. The van der Waals surface area contributed by atoms with Crippen molar-refractivity contribution in [3.63, 3.8) is 0 Å². The highest BCUT2D eigenvalue weighted by Gasteiger charge is 2.33. The number of fused-ring (bicyclic) bond motifs is 2. The van der Waals surface area contributed by atoms with E-state index in [9.17, 15) is 28.0 Å². The van der Waals surface area contributed by atoms with Crippen LogP contribution in [0.15, 0.2) is 47.7 Å². The topological polar surface area (TPSA) is 175 Å². The van der Waals surface area contributed by atoms with E-state index in [1.165, 1.54) is 21.5 Å². The lowest BCUT2D eigenvalue weighted by molar-refractivity contribution is -0.135. The molecule has 0 bridgehead atoms. The lowest BCUT2D eigenvalue weighted by Gasteiger charge is -2.36. The number of benzene rings is 1. The molecule has 62 heavy (non-hydrogen) atoms. The van der Waals surface area contributed by atoms with E-state index in [1.807, 2.05) is 24.3 Å². The van der Waals surface area contributed by atoms with Crippen molar-refractivity contribution in [3.05, 3.63) is 70.2 Å². The summed E-state index contributed by atoms with van der Waals surface area (Å²) in [5.74, 6) is -0.134. The van der Waals surface area contributed by atoms with Crippen molar-refractivity contribution in [2.75, 3.05) is 62.8 Å². The van der Waals surface area contributed by atoms with Crippen molar-refractivity contribution in [2.24, 2.45) is 13.0 Å². The second kappa shape index (κ2) is 18.1. The largest absolute Gasteiger partial charge is 0.378 e. The van der Waals surface area contributed by atoms with E-state index in [1.54, 1.807) is 22.5 Å². The quantitative estimate of drug-likeness (QED) is 0.127. The third-order valence-electron chi connectivity index (χ3n) is 13.0. The number of anilines is 2. The first-order valence-corrected chi connectivity index (χ1v) is 21.8. The number of halogens is 2. The Bertz CT molecular complexity index is 2490. The zero-order valence-corrected chi connectivity index (χ0v) is 34.9.